The van der Waals surface area contributed by atoms with Crippen molar-refractivity contribution in [3.8, 4) is 5.75 Å². The van der Waals surface area contributed by atoms with Crippen LogP contribution in [0.2, 0.25) is 0 Å². The van der Waals surface area contributed by atoms with Crippen LogP contribution in [-0.4, -0.2) is 15.5 Å². The minimum atomic E-state index is -3.61. The molecule has 0 heterocycles. The maximum Gasteiger partial charge on any atom is 0.241 e. The van der Waals surface area contributed by atoms with E-state index in [2.05, 4.69) is 4.72 Å². The highest BCUT2D eigenvalue weighted by Gasteiger charge is 2.19. The molecular weight excluding hydrogens is 334 g/mol. The van der Waals surface area contributed by atoms with Gasteiger partial charge in [0.1, 0.15) is 5.75 Å². The Labute approximate surface area is 148 Å². The molecule has 1 atom stereocenters. The number of hydrogen-bond acceptors (Lipinski definition) is 3. The monoisotopic (exact) mass is 355 g/mol. The van der Waals surface area contributed by atoms with Crippen molar-refractivity contribution in [1.82, 2.24) is 4.72 Å². The molecule has 0 bridgehead atoms. The third kappa shape index (κ3) is 3.67. The number of fused-ring (bicyclic) bond motifs is 1. The van der Waals surface area contributed by atoms with E-state index in [-0.39, 0.29) is 10.9 Å². The summed E-state index contributed by atoms with van der Waals surface area (Å²) >= 11 is 0. The SMILES string of the molecule is COc1ccc2cc(S(=O)(=O)NC(C)c3ccccc3C)ccc2c1. The van der Waals surface area contributed by atoms with Gasteiger partial charge in [-0.15, -0.1) is 0 Å². The summed E-state index contributed by atoms with van der Waals surface area (Å²) in [5, 5.41) is 1.79. The lowest BCUT2D eigenvalue weighted by Gasteiger charge is -2.17. The maximum atomic E-state index is 12.8. The summed E-state index contributed by atoms with van der Waals surface area (Å²) in [6, 6.07) is 18.1. The topological polar surface area (TPSA) is 55.4 Å². The van der Waals surface area contributed by atoms with Gasteiger partial charge in [0, 0.05) is 6.04 Å². The van der Waals surface area contributed by atoms with Crippen molar-refractivity contribution in [2.45, 2.75) is 24.8 Å². The van der Waals surface area contributed by atoms with Crippen LogP contribution in [0, 0.1) is 6.92 Å². The molecule has 3 aromatic rings. The Balaban J connectivity index is 1.91. The number of rotatable bonds is 5. The number of ether oxygens (including phenoxy) is 1. The number of methoxy groups -OCH3 is 1. The molecule has 0 fully saturated rings. The van der Waals surface area contributed by atoms with Crippen LogP contribution in [0.4, 0.5) is 0 Å². The first-order valence-electron chi connectivity index (χ1n) is 8.06. The molecule has 0 aliphatic heterocycles. The third-order valence-corrected chi connectivity index (χ3v) is 5.85. The van der Waals surface area contributed by atoms with Gasteiger partial charge in [-0.25, -0.2) is 13.1 Å². The lowest BCUT2D eigenvalue weighted by atomic mass is 10.0. The molecule has 0 amide bonds. The lowest BCUT2D eigenvalue weighted by Crippen LogP contribution is -2.27. The summed E-state index contributed by atoms with van der Waals surface area (Å²) in [4.78, 5) is 0.255. The highest BCUT2D eigenvalue weighted by molar-refractivity contribution is 7.89. The van der Waals surface area contributed by atoms with Crippen LogP contribution < -0.4 is 9.46 Å². The largest absolute Gasteiger partial charge is 0.497 e. The zero-order valence-corrected chi connectivity index (χ0v) is 15.3. The molecule has 0 aliphatic rings. The summed E-state index contributed by atoms with van der Waals surface area (Å²) in [7, 11) is -2.00. The van der Waals surface area contributed by atoms with Crippen molar-refractivity contribution in [3.63, 3.8) is 0 Å². The number of aryl methyl sites for hydroxylation is 1. The van der Waals surface area contributed by atoms with E-state index in [9.17, 15) is 8.42 Å². The predicted molar refractivity (Wildman–Crippen MR) is 100 cm³/mol. The van der Waals surface area contributed by atoms with Crippen LogP contribution in [0.5, 0.6) is 5.75 Å². The number of hydrogen-bond donors (Lipinski definition) is 1. The standard InChI is InChI=1S/C20H21NO3S/c1-14-6-4-5-7-20(14)15(2)21-25(22,23)19-11-9-16-12-18(24-3)10-8-17(16)13-19/h4-13,15,21H,1-3H3. The summed E-state index contributed by atoms with van der Waals surface area (Å²) in [6.07, 6.45) is 0. The van der Waals surface area contributed by atoms with Gasteiger partial charge in [0.15, 0.2) is 0 Å². The first-order valence-corrected chi connectivity index (χ1v) is 9.55. The molecule has 1 N–H and O–H groups in total. The average molecular weight is 355 g/mol. The zero-order chi connectivity index (χ0) is 18.0. The molecule has 3 aromatic carbocycles. The summed E-state index contributed by atoms with van der Waals surface area (Å²) in [6.45, 7) is 3.83. The fraction of sp³-hybridized carbons (Fsp3) is 0.200. The van der Waals surface area contributed by atoms with Gasteiger partial charge >= 0.3 is 0 Å². The second kappa shape index (κ2) is 6.86. The second-order valence-electron chi connectivity index (χ2n) is 6.07. The van der Waals surface area contributed by atoms with Crippen LogP contribution in [0.25, 0.3) is 10.8 Å². The Morgan fingerprint density at radius 2 is 1.64 bits per heavy atom. The summed E-state index contributed by atoms with van der Waals surface area (Å²) < 4.78 is 33.5. The molecule has 0 radical (unpaired) electrons. The van der Waals surface area contributed by atoms with Crippen LogP contribution in [-0.2, 0) is 10.0 Å². The van der Waals surface area contributed by atoms with Gasteiger partial charge in [-0.3, -0.25) is 0 Å². The van der Waals surface area contributed by atoms with Crippen molar-refractivity contribution in [2.75, 3.05) is 7.11 Å². The Morgan fingerprint density at radius 3 is 2.36 bits per heavy atom. The minimum Gasteiger partial charge on any atom is -0.497 e. The Hall–Kier alpha value is -2.37. The van der Waals surface area contributed by atoms with E-state index < -0.39 is 10.0 Å². The Morgan fingerprint density at radius 1 is 0.960 bits per heavy atom. The van der Waals surface area contributed by atoms with Gasteiger partial charge in [-0.2, -0.15) is 0 Å². The van der Waals surface area contributed by atoms with Crippen molar-refractivity contribution in [1.29, 1.82) is 0 Å². The minimum absolute atomic E-state index is 0.255. The van der Waals surface area contributed by atoms with Crippen LogP contribution in [0.1, 0.15) is 24.1 Å². The van der Waals surface area contributed by atoms with Gasteiger partial charge in [0.25, 0.3) is 0 Å². The van der Waals surface area contributed by atoms with E-state index in [1.165, 1.54) is 0 Å². The molecule has 1 unspecified atom stereocenters. The highest BCUT2D eigenvalue weighted by Crippen LogP contribution is 2.25. The van der Waals surface area contributed by atoms with E-state index in [1.807, 2.05) is 56.3 Å². The molecule has 4 nitrogen and oxygen atoms in total. The first-order chi connectivity index (χ1) is 11.9. The quantitative estimate of drug-likeness (QED) is 0.746. The van der Waals surface area contributed by atoms with Gasteiger partial charge in [-0.05, 0) is 60.0 Å². The summed E-state index contributed by atoms with van der Waals surface area (Å²) in [5.74, 6) is 0.745. The van der Waals surface area contributed by atoms with Crippen LogP contribution in [0.3, 0.4) is 0 Å². The van der Waals surface area contributed by atoms with Gasteiger partial charge in [0.2, 0.25) is 10.0 Å². The molecule has 25 heavy (non-hydrogen) atoms. The normalized spacial score (nSPS) is 12.9. The molecule has 0 saturated carbocycles. The van der Waals surface area contributed by atoms with E-state index >= 15 is 0 Å². The summed E-state index contributed by atoms with van der Waals surface area (Å²) in [5.41, 5.74) is 2.03. The molecule has 3 rings (SSSR count). The number of nitrogens with one attached hydrogen (secondary N) is 1. The number of benzene rings is 3. The number of sulfonamides is 1. The fourth-order valence-corrected chi connectivity index (χ4v) is 4.19. The van der Waals surface area contributed by atoms with Gasteiger partial charge < -0.3 is 4.74 Å². The van der Waals surface area contributed by atoms with E-state index in [0.717, 1.165) is 27.6 Å². The average Bonchev–Trinajstić information content (AvgIpc) is 2.60. The maximum absolute atomic E-state index is 12.8. The van der Waals surface area contributed by atoms with E-state index in [4.69, 9.17) is 4.74 Å². The fourth-order valence-electron chi connectivity index (χ4n) is 2.93. The Kier molecular flexibility index (Phi) is 4.79. The van der Waals surface area contributed by atoms with Crippen LogP contribution >= 0.6 is 0 Å². The first kappa shape index (κ1) is 17.5. The zero-order valence-electron chi connectivity index (χ0n) is 14.5. The van der Waals surface area contributed by atoms with E-state index in [0.29, 0.717) is 0 Å². The Bertz CT molecular complexity index is 1010. The molecule has 0 spiro atoms. The van der Waals surface area contributed by atoms with Crippen LogP contribution in [0.15, 0.2) is 65.6 Å². The highest BCUT2D eigenvalue weighted by atomic mass is 32.2. The molecule has 0 aliphatic carbocycles. The van der Waals surface area contributed by atoms with Crippen molar-refractivity contribution >= 4 is 20.8 Å². The molecule has 130 valence electrons. The smallest absolute Gasteiger partial charge is 0.241 e. The molecule has 0 aromatic heterocycles. The molecule has 5 heteroatoms. The van der Waals surface area contributed by atoms with Crippen molar-refractivity contribution in [3.05, 3.63) is 71.8 Å². The van der Waals surface area contributed by atoms with E-state index in [1.54, 1.807) is 25.3 Å². The van der Waals surface area contributed by atoms with Crippen molar-refractivity contribution < 1.29 is 13.2 Å². The van der Waals surface area contributed by atoms with Crippen molar-refractivity contribution in [2.24, 2.45) is 0 Å². The molecule has 0 saturated heterocycles. The van der Waals surface area contributed by atoms with Gasteiger partial charge in [-0.1, -0.05) is 36.4 Å². The molecular formula is C20H21NO3S. The van der Waals surface area contributed by atoms with Gasteiger partial charge in [0.05, 0.1) is 12.0 Å². The predicted octanol–water partition coefficient (Wildman–Crippen LogP) is 4.20. The second-order valence-corrected chi connectivity index (χ2v) is 7.79. The third-order valence-electron chi connectivity index (χ3n) is 4.32. The lowest BCUT2D eigenvalue weighted by molar-refractivity contribution is 0.415.